The van der Waals surface area contributed by atoms with Gasteiger partial charge in [-0.2, -0.15) is 0 Å². The molecular weight excluding hydrogens is 451 g/mol. The van der Waals surface area contributed by atoms with E-state index >= 15 is 0 Å². The Hall–Kier alpha value is -3.15. The van der Waals surface area contributed by atoms with Crippen molar-refractivity contribution in [3.05, 3.63) is 87.4 Å². The summed E-state index contributed by atoms with van der Waals surface area (Å²) in [5.74, 6) is 1.91. The maximum Gasteiger partial charge on any atom is 0.185 e. The third kappa shape index (κ3) is 5.55. The summed E-state index contributed by atoms with van der Waals surface area (Å²) in [6, 6.07) is 15.8. The Bertz CT molecular complexity index is 1140. The number of rotatable bonds is 9. The lowest BCUT2D eigenvalue weighted by molar-refractivity contribution is 0.104. The van der Waals surface area contributed by atoms with Crippen molar-refractivity contribution in [3.8, 4) is 23.0 Å². The van der Waals surface area contributed by atoms with Gasteiger partial charge in [-0.15, -0.1) is 0 Å². The molecule has 0 aliphatic heterocycles. The quantitative estimate of drug-likeness (QED) is 0.263. The fourth-order valence-electron chi connectivity index (χ4n) is 3.02. The Kier molecular flexibility index (Phi) is 8.03. The molecule has 0 radical (unpaired) electrons. The second-order valence-corrected chi connectivity index (χ2v) is 7.50. The van der Waals surface area contributed by atoms with E-state index in [1.165, 1.54) is 13.2 Å². The molecule has 0 atom stereocenters. The zero-order valence-electron chi connectivity index (χ0n) is 17.9. The second kappa shape index (κ2) is 10.9. The van der Waals surface area contributed by atoms with E-state index in [1.54, 1.807) is 56.7 Å². The summed E-state index contributed by atoms with van der Waals surface area (Å²) >= 11 is 12.1. The van der Waals surface area contributed by atoms with Crippen LogP contribution in [0.15, 0.2) is 60.7 Å². The number of allylic oxidation sites excluding steroid dienone is 1. The lowest BCUT2D eigenvalue weighted by Gasteiger charge is -2.14. The molecule has 0 aliphatic rings. The number of hydrogen-bond acceptors (Lipinski definition) is 5. The van der Waals surface area contributed by atoms with Gasteiger partial charge in [0, 0.05) is 11.1 Å². The van der Waals surface area contributed by atoms with Crippen LogP contribution in [0.3, 0.4) is 0 Å². The van der Waals surface area contributed by atoms with Crippen LogP contribution < -0.4 is 18.9 Å². The fraction of sp³-hybridized carbons (Fsp3) is 0.160. The minimum Gasteiger partial charge on any atom is -0.493 e. The maximum absolute atomic E-state index is 12.7. The van der Waals surface area contributed by atoms with Crippen LogP contribution in [0.5, 0.6) is 23.0 Å². The number of ether oxygens (including phenoxy) is 4. The van der Waals surface area contributed by atoms with Gasteiger partial charge in [-0.3, -0.25) is 4.79 Å². The van der Waals surface area contributed by atoms with Crippen LogP contribution in [0.25, 0.3) is 6.08 Å². The predicted octanol–water partition coefficient (Wildman–Crippen LogP) is 6.49. The van der Waals surface area contributed by atoms with Crippen molar-refractivity contribution in [2.45, 2.75) is 6.61 Å². The van der Waals surface area contributed by atoms with Gasteiger partial charge < -0.3 is 18.9 Å². The lowest BCUT2D eigenvalue weighted by atomic mass is 10.1. The SMILES string of the molecule is COc1ccc(C(=O)/C=C/c2cccc(OC)c2OCc2ccc(Cl)c(Cl)c2)cc1OC. The predicted molar refractivity (Wildman–Crippen MR) is 127 cm³/mol. The van der Waals surface area contributed by atoms with Crippen molar-refractivity contribution in [2.75, 3.05) is 21.3 Å². The highest BCUT2D eigenvalue weighted by Gasteiger charge is 2.12. The molecule has 0 N–H and O–H groups in total. The third-order valence-corrected chi connectivity index (χ3v) is 5.42. The molecule has 5 nitrogen and oxygen atoms in total. The molecular formula is C25H22Cl2O5. The average molecular weight is 473 g/mol. The van der Waals surface area contributed by atoms with Crippen LogP contribution >= 0.6 is 23.2 Å². The van der Waals surface area contributed by atoms with Gasteiger partial charge in [-0.25, -0.2) is 0 Å². The zero-order chi connectivity index (χ0) is 23.1. The number of hydrogen-bond donors (Lipinski definition) is 0. The molecule has 3 aromatic carbocycles. The Morgan fingerprint density at radius 2 is 1.59 bits per heavy atom. The first-order valence-electron chi connectivity index (χ1n) is 9.65. The summed E-state index contributed by atoms with van der Waals surface area (Å²) in [6.45, 7) is 0.252. The van der Waals surface area contributed by atoms with Crippen LogP contribution in [0.1, 0.15) is 21.5 Å². The minimum atomic E-state index is -0.191. The molecule has 32 heavy (non-hydrogen) atoms. The summed E-state index contributed by atoms with van der Waals surface area (Å²) in [7, 11) is 4.63. The van der Waals surface area contributed by atoms with E-state index in [1.807, 2.05) is 18.2 Å². The van der Waals surface area contributed by atoms with E-state index in [-0.39, 0.29) is 12.4 Å². The molecule has 0 unspecified atom stereocenters. The standard InChI is InChI=1S/C25H22Cl2O5/c1-29-22-12-9-18(14-24(22)31-3)21(28)11-8-17-5-4-6-23(30-2)25(17)32-15-16-7-10-19(26)20(27)13-16/h4-14H,15H2,1-3H3/b11-8+. The molecule has 3 aromatic rings. The first-order valence-corrected chi connectivity index (χ1v) is 10.4. The summed E-state index contributed by atoms with van der Waals surface area (Å²) < 4.78 is 22.0. The van der Waals surface area contributed by atoms with Gasteiger partial charge in [0.05, 0.1) is 31.4 Å². The smallest absolute Gasteiger partial charge is 0.185 e. The van der Waals surface area contributed by atoms with E-state index < -0.39 is 0 Å². The van der Waals surface area contributed by atoms with Crippen LogP contribution in [0.2, 0.25) is 10.0 Å². The third-order valence-electron chi connectivity index (χ3n) is 4.68. The lowest BCUT2D eigenvalue weighted by Crippen LogP contribution is -2.00. The van der Waals surface area contributed by atoms with Gasteiger partial charge in [-0.05, 0) is 54.1 Å². The number of methoxy groups -OCH3 is 3. The molecule has 3 rings (SSSR count). The van der Waals surface area contributed by atoms with Crippen LogP contribution in [-0.2, 0) is 6.61 Å². The number of carbonyl (C=O) groups excluding carboxylic acids is 1. The van der Waals surface area contributed by atoms with E-state index in [0.29, 0.717) is 44.2 Å². The Balaban J connectivity index is 1.83. The molecule has 0 bridgehead atoms. The number of halogens is 2. The first kappa shape index (κ1) is 23.5. The van der Waals surface area contributed by atoms with Crippen LogP contribution in [0, 0.1) is 0 Å². The number of carbonyl (C=O) groups is 1. The first-order chi connectivity index (χ1) is 15.5. The summed E-state index contributed by atoms with van der Waals surface area (Å²) in [6.07, 6.45) is 3.16. The number of para-hydroxylation sites is 1. The highest BCUT2D eigenvalue weighted by atomic mass is 35.5. The highest BCUT2D eigenvalue weighted by molar-refractivity contribution is 6.42. The highest BCUT2D eigenvalue weighted by Crippen LogP contribution is 2.34. The van der Waals surface area contributed by atoms with Crippen LogP contribution in [-0.4, -0.2) is 27.1 Å². The molecule has 0 fully saturated rings. The Morgan fingerprint density at radius 1 is 0.844 bits per heavy atom. The summed E-state index contributed by atoms with van der Waals surface area (Å²) in [5.41, 5.74) is 2.01. The zero-order valence-corrected chi connectivity index (χ0v) is 19.4. The monoisotopic (exact) mass is 472 g/mol. The van der Waals surface area contributed by atoms with Crippen molar-refractivity contribution in [3.63, 3.8) is 0 Å². The Morgan fingerprint density at radius 3 is 2.28 bits per heavy atom. The van der Waals surface area contributed by atoms with E-state index in [4.69, 9.17) is 42.1 Å². The number of benzene rings is 3. The normalized spacial score (nSPS) is 10.8. The van der Waals surface area contributed by atoms with Gasteiger partial charge in [-0.1, -0.05) is 41.4 Å². The molecule has 0 amide bonds. The van der Waals surface area contributed by atoms with Crippen molar-refractivity contribution < 1.29 is 23.7 Å². The topological polar surface area (TPSA) is 54.0 Å². The average Bonchev–Trinajstić information content (AvgIpc) is 2.82. The van der Waals surface area contributed by atoms with E-state index in [0.717, 1.165) is 5.56 Å². The molecule has 0 aromatic heterocycles. The molecule has 0 aliphatic carbocycles. The van der Waals surface area contributed by atoms with E-state index in [9.17, 15) is 4.79 Å². The van der Waals surface area contributed by atoms with Gasteiger partial charge >= 0.3 is 0 Å². The Labute approximate surface area is 197 Å². The summed E-state index contributed by atoms with van der Waals surface area (Å²) in [4.78, 5) is 12.7. The molecule has 166 valence electrons. The number of ketones is 1. The van der Waals surface area contributed by atoms with Gasteiger partial charge in [0.15, 0.2) is 28.8 Å². The van der Waals surface area contributed by atoms with Crippen LogP contribution in [0.4, 0.5) is 0 Å². The van der Waals surface area contributed by atoms with Crippen molar-refractivity contribution in [1.82, 2.24) is 0 Å². The van der Waals surface area contributed by atoms with Crippen molar-refractivity contribution in [1.29, 1.82) is 0 Å². The van der Waals surface area contributed by atoms with Gasteiger partial charge in [0.1, 0.15) is 6.61 Å². The van der Waals surface area contributed by atoms with Gasteiger partial charge in [0.2, 0.25) is 0 Å². The molecule has 0 saturated carbocycles. The van der Waals surface area contributed by atoms with Crippen molar-refractivity contribution >= 4 is 35.1 Å². The van der Waals surface area contributed by atoms with E-state index in [2.05, 4.69) is 0 Å². The largest absolute Gasteiger partial charge is 0.493 e. The molecule has 0 saturated heterocycles. The molecule has 0 heterocycles. The summed E-state index contributed by atoms with van der Waals surface area (Å²) in [5, 5.41) is 0.929. The second-order valence-electron chi connectivity index (χ2n) is 6.68. The maximum atomic E-state index is 12.7. The fourth-order valence-corrected chi connectivity index (χ4v) is 3.34. The van der Waals surface area contributed by atoms with Gasteiger partial charge in [0.25, 0.3) is 0 Å². The molecule has 0 spiro atoms. The minimum absolute atomic E-state index is 0.191. The molecule has 7 heteroatoms. The van der Waals surface area contributed by atoms with Crippen molar-refractivity contribution in [2.24, 2.45) is 0 Å².